The Morgan fingerprint density at radius 2 is 2.24 bits per heavy atom. The lowest BCUT2D eigenvalue weighted by Crippen LogP contribution is -2.01. The van der Waals surface area contributed by atoms with Crippen LogP contribution in [-0.4, -0.2) is 18.1 Å². The number of carbonyl (C=O) groups is 1. The van der Waals surface area contributed by atoms with Crippen molar-refractivity contribution in [1.29, 1.82) is 0 Å². The minimum Gasteiger partial charge on any atom is -0.469 e. The Morgan fingerprint density at radius 1 is 1.47 bits per heavy atom. The maximum atomic E-state index is 13.7. The van der Waals surface area contributed by atoms with Gasteiger partial charge in [-0.15, -0.1) is 0 Å². The third-order valence-electron chi connectivity index (χ3n) is 2.90. The van der Waals surface area contributed by atoms with Crippen LogP contribution in [0.4, 0.5) is 4.39 Å². The minimum atomic E-state index is -0.285. The largest absolute Gasteiger partial charge is 0.469 e. The van der Waals surface area contributed by atoms with E-state index in [0.29, 0.717) is 11.8 Å². The van der Waals surface area contributed by atoms with Crippen molar-refractivity contribution in [1.82, 2.24) is 4.98 Å². The molecular weight excluding hydrogens is 221 g/mol. The molecule has 0 saturated carbocycles. The number of hydrogen-bond acceptors (Lipinski definition) is 2. The molecule has 0 spiro atoms. The number of benzene rings is 1. The van der Waals surface area contributed by atoms with E-state index in [4.69, 9.17) is 0 Å². The number of fused-ring (bicyclic) bond motifs is 1. The summed E-state index contributed by atoms with van der Waals surface area (Å²) in [5.74, 6) is -0.542. The first-order valence-corrected chi connectivity index (χ1v) is 5.45. The molecular formula is C13H14FNO2. The van der Waals surface area contributed by atoms with Crippen LogP contribution in [0, 0.1) is 12.7 Å². The van der Waals surface area contributed by atoms with Crippen LogP contribution < -0.4 is 0 Å². The second-order valence-corrected chi connectivity index (χ2v) is 4.00. The Labute approximate surface area is 98.6 Å². The molecule has 0 unspecified atom stereocenters. The van der Waals surface area contributed by atoms with Crippen LogP contribution in [0.2, 0.25) is 0 Å². The van der Waals surface area contributed by atoms with Gasteiger partial charge in [0.1, 0.15) is 5.82 Å². The normalized spacial score (nSPS) is 10.8. The lowest BCUT2D eigenvalue weighted by Gasteiger charge is -2.01. The average molecular weight is 235 g/mol. The Morgan fingerprint density at radius 3 is 2.94 bits per heavy atom. The van der Waals surface area contributed by atoms with Crippen molar-refractivity contribution in [3.8, 4) is 0 Å². The Bertz CT molecular complexity index is 560. The quantitative estimate of drug-likeness (QED) is 0.831. The molecule has 17 heavy (non-hydrogen) atoms. The third kappa shape index (κ3) is 2.16. The topological polar surface area (TPSA) is 42.1 Å². The van der Waals surface area contributed by atoms with Crippen molar-refractivity contribution in [2.45, 2.75) is 19.8 Å². The summed E-state index contributed by atoms with van der Waals surface area (Å²) in [6.07, 6.45) is 2.49. The van der Waals surface area contributed by atoms with Crippen LogP contribution >= 0.6 is 0 Å². The van der Waals surface area contributed by atoms with E-state index in [2.05, 4.69) is 9.72 Å². The summed E-state index contributed by atoms with van der Waals surface area (Å²) in [4.78, 5) is 14.1. The number of rotatable bonds is 3. The summed E-state index contributed by atoms with van der Waals surface area (Å²) in [5.41, 5.74) is 2.60. The summed E-state index contributed by atoms with van der Waals surface area (Å²) in [6.45, 7) is 1.92. The van der Waals surface area contributed by atoms with Crippen LogP contribution in [0.5, 0.6) is 0 Å². The van der Waals surface area contributed by atoms with E-state index in [1.165, 1.54) is 13.2 Å². The van der Waals surface area contributed by atoms with Crippen molar-refractivity contribution in [2.24, 2.45) is 0 Å². The molecule has 1 heterocycles. The number of hydrogen-bond donors (Lipinski definition) is 1. The minimum absolute atomic E-state index is 0.258. The van der Waals surface area contributed by atoms with E-state index >= 15 is 0 Å². The van der Waals surface area contributed by atoms with Gasteiger partial charge in [-0.3, -0.25) is 4.79 Å². The zero-order chi connectivity index (χ0) is 12.4. The number of aromatic nitrogens is 1. The number of methoxy groups -OCH3 is 1. The van der Waals surface area contributed by atoms with E-state index in [9.17, 15) is 9.18 Å². The van der Waals surface area contributed by atoms with Gasteiger partial charge in [-0.1, -0.05) is 6.07 Å². The van der Waals surface area contributed by atoms with Crippen molar-refractivity contribution >= 4 is 16.9 Å². The highest BCUT2D eigenvalue weighted by molar-refractivity contribution is 5.87. The van der Waals surface area contributed by atoms with Gasteiger partial charge in [0.05, 0.1) is 12.6 Å². The molecule has 0 atom stereocenters. The number of halogens is 1. The molecule has 0 aliphatic rings. The number of aryl methyl sites for hydroxylation is 2. The maximum Gasteiger partial charge on any atom is 0.305 e. The van der Waals surface area contributed by atoms with Gasteiger partial charge in [-0.2, -0.15) is 0 Å². The highest BCUT2D eigenvalue weighted by Crippen LogP contribution is 2.25. The standard InChI is InChI=1S/C13H14FNO2/c1-8-3-5-10(14)12-9(7-15-13(8)12)4-6-11(16)17-2/h3,5,7,15H,4,6H2,1-2H3. The predicted octanol–water partition coefficient (Wildman–Crippen LogP) is 2.72. The predicted molar refractivity (Wildman–Crippen MR) is 63.3 cm³/mol. The van der Waals surface area contributed by atoms with E-state index in [1.54, 1.807) is 12.3 Å². The van der Waals surface area contributed by atoms with Crippen LogP contribution in [-0.2, 0) is 16.0 Å². The van der Waals surface area contributed by atoms with Crippen LogP contribution in [0.1, 0.15) is 17.5 Å². The molecule has 1 aromatic heterocycles. The molecule has 1 aromatic carbocycles. The number of carbonyl (C=O) groups excluding carboxylic acids is 1. The second kappa shape index (κ2) is 4.57. The Kier molecular flexibility index (Phi) is 3.13. The van der Waals surface area contributed by atoms with Crippen LogP contribution in [0.25, 0.3) is 10.9 Å². The zero-order valence-corrected chi connectivity index (χ0v) is 9.84. The fourth-order valence-corrected chi connectivity index (χ4v) is 1.95. The highest BCUT2D eigenvalue weighted by Gasteiger charge is 2.11. The lowest BCUT2D eigenvalue weighted by molar-refractivity contribution is -0.140. The molecule has 0 radical (unpaired) electrons. The molecule has 0 aliphatic carbocycles. The summed E-state index contributed by atoms with van der Waals surface area (Å²) in [7, 11) is 1.35. The van der Waals surface area contributed by atoms with Gasteiger partial charge in [-0.25, -0.2) is 4.39 Å². The van der Waals surface area contributed by atoms with E-state index < -0.39 is 0 Å². The highest BCUT2D eigenvalue weighted by atomic mass is 19.1. The number of esters is 1. The lowest BCUT2D eigenvalue weighted by atomic mass is 10.1. The molecule has 3 nitrogen and oxygen atoms in total. The van der Waals surface area contributed by atoms with Crippen molar-refractivity contribution < 1.29 is 13.9 Å². The van der Waals surface area contributed by atoms with Gasteiger partial charge < -0.3 is 9.72 Å². The van der Waals surface area contributed by atoms with Gasteiger partial charge >= 0.3 is 5.97 Å². The molecule has 0 saturated heterocycles. The number of H-pyrrole nitrogens is 1. The molecule has 1 N–H and O–H groups in total. The number of aromatic amines is 1. The molecule has 2 rings (SSSR count). The molecule has 0 fully saturated rings. The molecule has 2 aromatic rings. The molecule has 90 valence electrons. The van der Waals surface area contributed by atoms with Crippen molar-refractivity contribution in [3.05, 3.63) is 35.3 Å². The van der Waals surface area contributed by atoms with E-state index in [-0.39, 0.29) is 18.2 Å². The Balaban J connectivity index is 2.35. The second-order valence-electron chi connectivity index (χ2n) is 4.00. The monoisotopic (exact) mass is 235 g/mol. The first-order valence-electron chi connectivity index (χ1n) is 5.45. The van der Waals surface area contributed by atoms with Gasteiger partial charge in [0, 0.05) is 18.0 Å². The first kappa shape index (κ1) is 11.6. The third-order valence-corrected chi connectivity index (χ3v) is 2.90. The maximum absolute atomic E-state index is 13.7. The van der Waals surface area contributed by atoms with Crippen LogP contribution in [0.15, 0.2) is 18.3 Å². The molecule has 0 aliphatic heterocycles. The van der Waals surface area contributed by atoms with Crippen molar-refractivity contribution in [3.63, 3.8) is 0 Å². The summed E-state index contributed by atoms with van der Waals surface area (Å²) < 4.78 is 18.3. The SMILES string of the molecule is COC(=O)CCc1c[nH]c2c(C)ccc(F)c12. The molecule has 0 bridgehead atoms. The zero-order valence-electron chi connectivity index (χ0n) is 9.84. The van der Waals surface area contributed by atoms with Gasteiger partial charge in [-0.05, 0) is 30.5 Å². The van der Waals surface area contributed by atoms with Gasteiger partial charge in [0.25, 0.3) is 0 Å². The molecule has 0 amide bonds. The molecule has 4 heteroatoms. The summed E-state index contributed by atoms with van der Waals surface area (Å²) in [6, 6.07) is 3.19. The van der Waals surface area contributed by atoms with Gasteiger partial charge in [0.2, 0.25) is 0 Å². The van der Waals surface area contributed by atoms with Gasteiger partial charge in [0.15, 0.2) is 0 Å². The fraction of sp³-hybridized carbons (Fsp3) is 0.308. The summed E-state index contributed by atoms with van der Waals surface area (Å²) >= 11 is 0. The van der Waals surface area contributed by atoms with Crippen molar-refractivity contribution in [2.75, 3.05) is 7.11 Å². The fourth-order valence-electron chi connectivity index (χ4n) is 1.95. The van der Waals surface area contributed by atoms with E-state index in [1.807, 2.05) is 6.92 Å². The smallest absolute Gasteiger partial charge is 0.305 e. The first-order chi connectivity index (χ1) is 8.13. The number of nitrogens with one attached hydrogen (secondary N) is 1. The summed E-state index contributed by atoms with van der Waals surface area (Å²) in [5, 5.41) is 0.578. The Hall–Kier alpha value is -1.84. The average Bonchev–Trinajstić information content (AvgIpc) is 2.76. The number of ether oxygens (including phenoxy) is 1. The van der Waals surface area contributed by atoms with E-state index in [0.717, 1.165) is 16.6 Å². The van der Waals surface area contributed by atoms with Crippen LogP contribution in [0.3, 0.4) is 0 Å².